The van der Waals surface area contributed by atoms with Gasteiger partial charge < -0.3 is 0 Å². The molecular weight excluding hydrogens is 392 g/mol. The van der Waals surface area contributed by atoms with Crippen LogP contribution in [0.4, 0.5) is 14.5 Å². The first kappa shape index (κ1) is 16.6. The fourth-order valence-corrected chi connectivity index (χ4v) is 3.69. The molecule has 0 saturated heterocycles. The molecule has 0 bridgehead atoms. The van der Waals surface area contributed by atoms with E-state index in [1.807, 2.05) is 0 Å². The van der Waals surface area contributed by atoms with Crippen molar-refractivity contribution in [1.82, 2.24) is 0 Å². The standard InChI is InChI=1S/C8H7BrClF2NO4S2/c1-4-2-6(13-19(16,17)8(11)12)5(9)3-7(4)18(10,14)15/h2-3,8,13H,1H3. The normalized spacial score (nSPS) is 12.7. The van der Waals surface area contributed by atoms with Crippen molar-refractivity contribution >= 4 is 51.4 Å². The van der Waals surface area contributed by atoms with Crippen molar-refractivity contribution in [3.05, 3.63) is 22.2 Å². The largest absolute Gasteiger partial charge is 0.355 e. The zero-order valence-electron chi connectivity index (χ0n) is 9.19. The lowest BCUT2D eigenvalue weighted by molar-refractivity contribution is 0.236. The van der Waals surface area contributed by atoms with E-state index in [0.29, 0.717) is 0 Å². The predicted molar refractivity (Wildman–Crippen MR) is 70.5 cm³/mol. The number of sulfonamides is 1. The van der Waals surface area contributed by atoms with E-state index in [0.717, 1.165) is 12.1 Å². The fraction of sp³-hybridized carbons (Fsp3) is 0.250. The number of anilines is 1. The second-order valence-corrected chi connectivity index (χ2v) is 8.48. The molecule has 0 aliphatic carbocycles. The van der Waals surface area contributed by atoms with Crippen LogP contribution < -0.4 is 4.72 Å². The van der Waals surface area contributed by atoms with Gasteiger partial charge >= 0.3 is 5.76 Å². The Morgan fingerprint density at radius 2 is 1.79 bits per heavy atom. The maximum Gasteiger partial charge on any atom is 0.355 e. The summed E-state index contributed by atoms with van der Waals surface area (Å²) in [5.41, 5.74) is -0.0907. The maximum absolute atomic E-state index is 12.2. The Morgan fingerprint density at radius 3 is 2.21 bits per heavy atom. The molecule has 0 spiro atoms. The smallest absolute Gasteiger partial charge is 0.278 e. The second-order valence-electron chi connectivity index (χ2n) is 3.44. The SMILES string of the molecule is Cc1cc(NS(=O)(=O)C(F)F)c(Br)cc1S(=O)(=O)Cl. The van der Waals surface area contributed by atoms with Gasteiger partial charge in [0.15, 0.2) is 0 Å². The zero-order valence-corrected chi connectivity index (χ0v) is 13.2. The minimum absolute atomic E-state index is 0.0263. The van der Waals surface area contributed by atoms with Gasteiger partial charge in [0.25, 0.3) is 19.1 Å². The zero-order chi connectivity index (χ0) is 15.0. The van der Waals surface area contributed by atoms with Gasteiger partial charge in [-0.05, 0) is 40.5 Å². The summed E-state index contributed by atoms with van der Waals surface area (Å²) in [5, 5.41) is 0. The highest BCUT2D eigenvalue weighted by Gasteiger charge is 2.25. The minimum atomic E-state index is -4.83. The number of benzene rings is 1. The van der Waals surface area contributed by atoms with Gasteiger partial charge in [-0.1, -0.05) is 0 Å². The first-order valence-corrected chi connectivity index (χ1v) is 9.14. The fourth-order valence-electron chi connectivity index (χ4n) is 1.20. The Morgan fingerprint density at radius 1 is 1.26 bits per heavy atom. The van der Waals surface area contributed by atoms with E-state index in [1.165, 1.54) is 6.92 Å². The molecule has 0 amide bonds. The lowest BCUT2D eigenvalue weighted by Crippen LogP contribution is -2.21. The molecule has 0 aliphatic rings. The van der Waals surface area contributed by atoms with Gasteiger partial charge in [-0.3, -0.25) is 4.72 Å². The minimum Gasteiger partial charge on any atom is -0.278 e. The number of nitrogens with one attached hydrogen (secondary N) is 1. The molecule has 0 aliphatic heterocycles. The van der Waals surface area contributed by atoms with Gasteiger partial charge in [0.05, 0.1) is 10.6 Å². The monoisotopic (exact) mass is 397 g/mol. The second kappa shape index (κ2) is 5.51. The van der Waals surface area contributed by atoms with Crippen molar-refractivity contribution in [2.75, 3.05) is 4.72 Å². The molecule has 1 aromatic carbocycles. The van der Waals surface area contributed by atoms with E-state index in [2.05, 4.69) is 15.9 Å². The molecule has 0 atom stereocenters. The molecule has 108 valence electrons. The average Bonchev–Trinajstić information content (AvgIpc) is 2.20. The number of hydrogen-bond acceptors (Lipinski definition) is 4. The third kappa shape index (κ3) is 4.01. The molecule has 0 fully saturated rings. The Bertz CT molecular complexity index is 706. The predicted octanol–water partition coefficient (Wildman–Crippen LogP) is 2.65. The van der Waals surface area contributed by atoms with Gasteiger partial charge in [-0.2, -0.15) is 8.78 Å². The van der Waals surface area contributed by atoms with E-state index in [1.54, 1.807) is 4.72 Å². The lowest BCUT2D eigenvalue weighted by Gasteiger charge is -2.11. The van der Waals surface area contributed by atoms with Crippen LogP contribution in [0, 0.1) is 6.92 Å². The third-order valence-corrected chi connectivity index (χ3v) is 5.11. The Labute approximate surface area is 121 Å². The van der Waals surface area contributed by atoms with Gasteiger partial charge in [-0.15, -0.1) is 0 Å². The molecular formula is C8H7BrClF2NO4S2. The summed E-state index contributed by atoms with van der Waals surface area (Å²) in [6, 6.07) is 2.11. The Kier molecular flexibility index (Phi) is 4.81. The summed E-state index contributed by atoms with van der Waals surface area (Å²) in [5.74, 6) is -3.60. The maximum atomic E-state index is 12.2. The van der Waals surface area contributed by atoms with Gasteiger partial charge in [0.1, 0.15) is 0 Å². The molecule has 0 heterocycles. The molecule has 1 rings (SSSR count). The van der Waals surface area contributed by atoms with Crippen LogP contribution in [0.2, 0.25) is 0 Å². The summed E-state index contributed by atoms with van der Waals surface area (Å²) in [7, 11) is -3.69. The third-order valence-electron chi connectivity index (χ3n) is 2.01. The summed E-state index contributed by atoms with van der Waals surface area (Å²) >= 11 is 2.88. The first-order chi connectivity index (χ1) is 8.45. The van der Waals surface area contributed by atoms with Crippen molar-refractivity contribution in [3.63, 3.8) is 0 Å². The summed E-state index contributed by atoms with van der Waals surface area (Å²) < 4.78 is 70.5. The van der Waals surface area contributed by atoms with Crippen LogP contribution in [-0.2, 0) is 19.1 Å². The van der Waals surface area contributed by atoms with Crippen molar-refractivity contribution in [2.45, 2.75) is 17.6 Å². The molecule has 0 aromatic heterocycles. The van der Waals surface area contributed by atoms with Crippen LogP contribution in [0.1, 0.15) is 5.56 Å². The summed E-state index contributed by atoms with van der Waals surface area (Å²) in [4.78, 5) is -0.249. The number of rotatable bonds is 4. The molecule has 1 N–H and O–H groups in total. The van der Waals surface area contributed by atoms with Crippen molar-refractivity contribution < 1.29 is 25.6 Å². The number of alkyl halides is 2. The van der Waals surface area contributed by atoms with E-state index in [4.69, 9.17) is 10.7 Å². The molecule has 5 nitrogen and oxygen atoms in total. The van der Waals surface area contributed by atoms with Crippen molar-refractivity contribution in [1.29, 1.82) is 0 Å². The van der Waals surface area contributed by atoms with E-state index < -0.39 is 24.8 Å². The van der Waals surface area contributed by atoms with E-state index in [9.17, 15) is 25.6 Å². The van der Waals surface area contributed by atoms with Crippen LogP contribution in [-0.4, -0.2) is 22.6 Å². The summed E-state index contributed by atoms with van der Waals surface area (Å²) in [6.07, 6.45) is 0. The Balaban J connectivity index is 3.33. The molecule has 1 aromatic rings. The van der Waals surface area contributed by atoms with Crippen LogP contribution in [0.3, 0.4) is 0 Å². The number of halogens is 4. The molecule has 11 heteroatoms. The topological polar surface area (TPSA) is 80.3 Å². The molecule has 0 radical (unpaired) electrons. The highest BCUT2D eigenvalue weighted by atomic mass is 79.9. The van der Waals surface area contributed by atoms with Gasteiger partial charge in [-0.25, -0.2) is 16.8 Å². The van der Waals surface area contributed by atoms with Crippen LogP contribution in [0.25, 0.3) is 0 Å². The average molecular weight is 399 g/mol. The van der Waals surface area contributed by atoms with Crippen LogP contribution >= 0.6 is 26.6 Å². The quantitative estimate of drug-likeness (QED) is 0.791. The summed E-state index contributed by atoms with van der Waals surface area (Å²) in [6.45, 7) is 1.35. The van der Waals surface area contributed by atoms with Gasteiger partial charge in [0, 0.05) is 15.2 Å². The first-order valence-electron chi connectivity index (χ1n) is 4.50. The highest BCUT2D eigenvalue weighted by molar-refractivity contribution is 9.10. The van der Waals surface area contributed by atoms with Crippen LogP contribution in [0.15, 0.2) is 21.5 Å². The molecule has 19 heavy (non-hydrogen) atoms. The van der Waals surface area contributed by atoms with Crippen LogP contribution in [0.5, 0.6) is 0 Å². The van der Waals surface area contributed by atoms with E-state index >= 15 is 0 Å². The number of aryl methyl sites for hydroxylation is 1. The van der Waals surface area contributed by atoms with Crippen molar-refractivity contribution in [3.8, 4) is 0 Å². The Hall–Kier alpha value is -0.450. The molecule has 0 unspecified atom stereocenters. The van der Waals surface area contributed by atoms with Gasteiger partial charge in [0.2, 0.25) is 0 Å². The van der Waals surface area contributed by atoms with Crippen molar-refractivity contribution in [2.24, 2.45) is 0 Å². The van der Waals surface area contributed by atoms with E-state index in [-0.39, 0.29) is 20.6 Å². The lowest BCUT2D eigenvalue weighted by atomic mass is 10.2. The number of hydrogen-bond donors (Lipinski definition) is 1. The highest BCUT2D eigenvalue weighted by Crippen LogP contribution is 2.31. The molecule has 0 saturated carbocycles.